The third kappa shape index (κ3) is 2.98. The van der Waals surface area contributed by atoms with Crippen LogP contribution in [0.3, 0.4) is 0 Å². The second-order valence-electron chi connectivity index (χ2n) is 4.36. The summed E-state index contributed by atoms with van der Waals surface area (Å²) in [4.78, 5) is 2.45. The van der Waals surface area contributed by atoms with Gasteiger partial charge in [0, 0.05) is 22.6 Å². The molecular weight excluding hydrogens is 288 g/mol. The molecule has 1 fully saturated rings. The molecular formula is C12H16BrClN2. The largest absolute Gasteiger partial charge is 0.330 e. The minimum Gasteiger partial charge on any atom is -0.330 e. The Labute approximate surface area is 110 Å². The maximum absolute atomic E-state index is 5.92. The Morgan fingerprint density at radius 1 is 1.50 bits per heavy atom. The first-order valence-corrected chi connectivity index (χ1v) is 6.72. The van der Waals surface area contributed by atoms with Crippen molar-refractivity contribution in [3.63, 3.8) is 0 Å². The summed E-state index contributed by atoms with van der Waals surface area (Å²) in [7, 11) is 0. The van der Waals surface area contributed by atoms with Crippen LogP contribution < -0.4 is 5.73 Å². The van der Waals surface area contributed by atoms with Gasteiger partial charge in [0.05, 0.1) is 0 Å². The highest BCUT2D eigenvalue weighted by atomic mass is 79.9. The van der Waals surface area contributed by atoms with Gasteiger partial charge < -0.3 is 5.73 Å². The number of hydrogen-bond donors (Lipinski definition) is 1. The van der Waals surface area contributed by atoms with E-state index in [1.165, 1.54) is 12.0 Å². The second kappa shape index (κ2) is 5.50. The Morgan fingerprint density at radius 3 is 2.94 bits per heavy atom. The minimum atomic E-state index is 0.672. The Kier molecular flexibility index (Phi) is 4.25. The maximum atomic E-state index is 5.92. The summed E-state index contributed by atoms with van der Waals surface area (Å²) < 4.78 is 1.09. The lowest BCUT2D eigenvalue weighted by atomic mass is 10.1. The van der Waals surface area contributed by atoms with Crippen LogP contribution in [0.4, 0.5) is 0 Å². The van der Waals surface area contributed by atoms with E-state index in [4.69, 9.17) is 17.3 Å². The summed E-state index contributed by atoms with van der Waals surface area (Å²) in [6.07, 6.45) is 1.22. The van der Waals surface area contributed by atoms with Crippen LogP contribution in [0, 0.1) is 5.92 Å². The van der Waals surface area contributed by atoms with Crippen molar-refractivity contribution < 1.29 is 0 Å². The third-order valence-corrected chi connectivity index (χ3v) is 4.09. The average Bonchev–Trinajstić information content (AvgIpc) is 2.70. The van der Waals surface area contributed by atoms with Crippen LogP contribution in [0.25, 0.3) is 0 Å². The van der Waals surface area contributed by atoms with Crippen LogP contribution in [0.5, 0.6) is 0 Å². The highest BCUT2D eigenvalue weighted by Crippen LogP contribution is 2.25. The van der Waals surface area contributed by atoms with E-state index in [1.54, 1.807) is 0 Å². The first-order valence-electron chi connectivity index (χ1n) is 5.55. The lowest BCUT2D eigenvalue weighted by Crippen LogP contribution is -2.22. The molecule has 2 N–H and O–H groups in total. The molecule has 0 bridgehead atoms. The van der Waals surface area contributed by atoms with Gasteiger partial charge in [-0.2, -0.15) is 0 Å². The lowest BCUT2D eigenvalue weighted by molar-refractivity contribution is 0.317. The Morgan fingerprint density at radius 2 is 2.31 bits per heavy atom. The van der Waals surface area contributed by atoms with Crippen molar-refractivity contribution in [2.75, 3.05) is 19.6 Å². The van der Waals surface area contributed by atoms with Gasteiger partial charge >= 0.3 is 0 Å². The minimum absolute atomic E-state index is 0.672. The molecule has 2 nitrogen and oxygen atoms in total. The van der Waals surface area contributed by atoms with Crippen LogP contribution in [-0.2, 0) is 6.54 Å². The van der Waals surface area contributed by atoms with Gasteiger partial charge in [-0.05, 0) is 43.1 Å². The van der Waals surface area contributed by atoms with Crippen LogP contribution in [0.2, 0.25) is 5.02 Å². The lowest BCUT2D eigenvalue weighted by Gasteiger charge is -2.16. The molecule has 88 valence electrons. The zero-order chi connectivity index (χ0) is 11.5. The first kappa shape index (κ1) is 12.4. The quantitative estimate of drug-likeness (QED) is 0.930. The van der Waals surface area contributed by atoms with E-state index in [0.717, 1.165) is 35.7 Å². The molecule has 1 aliphatic heterocycles. The van der Waals surface area contributed by atoms with E-state index in [9.17, 15) is 0 Å². The van der Waals surface area contributed by atoms with Gasteiger partial charge in [-0.15, -0.1) is 0 Å². The molecule has 0 radical (unpaired) electrons. The van der Waals surface area contributed by atoms with Gasteiger partial charge in [-0.3, -0.25) is 4.90 Å². The van der Waals surface area contributed by atoms with Crippen LogP contribution in [0.1, 0.15) is 12.0 Å². The first-order chi connectivity index (χ1) is 7.69. The van der Waals surface area contributed by atoms with Gasteiger partial charge in [0.2, 0.25) is 0 Å². The van der Waals surface area contributed by atoms with Crippen molar-refractivity contribution in [2.45, 2.75) is 13.0 Å². The molecule has 4 heteroatoms. The summed E-state index contributed by atoms with van der Waals surface area (Å²) in [5, 5.41) is 0.775. The number of nitrogens with zero attached hydrogens (tertiary/aromatic N) is 1. The summed E-state index contributed by atoms with van der Waals surface area (Å²) in [5.41, 5.74) is 6.98. The maximum Gasteiger partial charge on any atom is 0.0417 e. The monoisotopic (exact) mass is 302 g/mol. The fourth-order valence-corrected chi connectivity index (χ4v) is 2.95. The van der Waals surface area contributed by atoms with Crippen molar-refractivity contribution in [3.05, 3.63) is 33.3 Å². The van der Waals surface area contributed by atoms with E-state index < -0.39 is 0 Å². The molecule has 2 rings (SSSR count). The van der Waals surface area contributed by atoms with E-state index in [0.29, 0.717) is 5.92 Å². The number of hydrogen-bond acceptors (Lipinski definition) is 2. The van der Waals surface area contributed by atoms with E-state index in [-0.39, 0.29) is 0 Å². The zero-order valence-corrected chi connectivity index (χ0v) is 11.5. The van der Waals surface area contributed by atoms with E-state index in [2.05, 4.69) is 26.9 Å². The highest BCUT2D eigenvalue weighted by molar-refractivity contribution is 9.10. The molecule has 1 aliphatic rings. The van der Waals surface area contributed by atoms with Gasteiger partial charge in [0.15, 0.2) is 0 Å². The van der Waals surface area contributed by atoms with Gasteiger partial charge in [-0.1, -0.05) is 33.6 Å². The topological polar surface area (TPSA) is 29.3 Å². The number of rotatable bonds is 3. The predicted octanol–water partition coefficient (Wildman–Crippen LogP) is 2.88. The van der Waals surface area contributed by atoms with Crippen molar-refractivity contribution in [1.29, 1.82) is 0 Å². The van der Waals surface area contributed by atoms with E-state index >= 15 is 0 Å². The molecule has 1 unspecified atom stereocenters. The molecule has 16 heavy (non-hydrogen) atoms. The van der Waals surface area contributed by atoms with Gasteiger partial charge in [0.25, 0.3) is 0 Å². The number of benzene rings is 1. The molecule has 1 heterocycles. The van der Waals surface area contributed by atoms with Crippen molar-refractivity contribution in [3.8, 4) is 0 Å². The summed E-state index contributed by atoms with van der Waals surface area (Å²) >= 11 is 9.47. The summed E-state index contributed by atoms with van der Waals surface area (Å²) in [6.45, 7) is 4.05. The molecule has 0 aromatic heterocycles. The SMILES string of the molecule is NCC1CCN(Cc2ccc(Cl)cc2Br)C1. The smallest absolute Gasteiger partial charge is 0.0417 e. The Hall–Kier alpha value is -0.0900. The molecule has 1 atom stereocenters. The summed E-state index contributed by atoms with van der Waals surface area (Å²) in [6, 6.07) is 5.98. The number of likely N-dealkylation sites (tertiary alicyclic amines) is 1. The molecule has 0 spiro atoms. The zero-order valence-electron chi connectivity index (χ0n) is 9.13. The van der Waals surface area contributed by atoms with Crippen molar-refractivity contribution >= 4 is 27.5 Å². The fraction of sp³-hybridized carbons (Fsp3) is 0.500. The average molecular weight is 304 g/mol. The third-order valence-electron chi connectivity index (χ3n) is 3.11. The second-order valence-corrected chi connectivity index (χ2v) is 5.65. The fourth-order valence-electron chi connectivity index (χ4n) is 2.14. The Bertz CT molecular complexity index is 370. The van der Waals surface area contributed by atoms with Crippen LogP contribution in [0.15, 0.2) is 22.7 Å². The van der Waals surface area contributed by atoms with Crippen LogP contribution in [-0.4, -0.2) is 24.5 Å². The molecule has 1 aromatic carbocycles. The number of halogens is 2. The Balaban J connectivity index is 1.99. The normalized spacial score (nSPS) is 21.6. The van der Waals surface area contributed by atoms with Crippen molar-refractivity contribution in [2.24, 2.45) is 11.7 Å². The van der Waals surface area contributed by atoms with Gasteiger partial charge in [-0.25, -0.2) is 0 Å². The van der Waals surface area contributed by atoms with Gasteiger partial charge in [0.1, 0.15) is 0 Å². The standard InChI is InChI=1S/C12H16BrClN2/c13-12-5-11(14)2-1-10(12)8-16-4-3-9(6-15)7-16/h1-2,5,9H,3-4,6-8,15H2. The summed E-state index contributed by atoms with van der Waals surface area (Å²) in [5.74, 6) is 0.672. The van der Waals surface area contributed by atoms with Crippen molar-refractivity contribution in [1.82, 2.24) is 4.90 Å². The molecule has 0 amide bonds. The van der Waals surface area contributed by atoms with Crippen LogP contribution >= 0.6 is 27.5 Å². The molecule has 1 aromatic rings. The highest BCUT2D eigenvalue weighted by Gasteiger charge is 2.21. The number of nitrogens with two attached hydrogens (primary N) is 1. The molecule has 0 saturated carbocycles. The predicted molar refractivity (Wildman–Crippen MR) is 71.6 cm³/mol. The molecule has 1 saturated heterocycles. The molecule has 0 aliphatic carbocycles. The van der Waals surface area contributed by atoms with E-state index in [1.807, 2.05) is 12.1 Å².